The molecule has 0 aliphatic carbocycles. The maximum absolute atomic E-state index is 13.6. The fraction of sp³-hybridized carbons (Fsp3) is 0.179. The summed E-state index contributed by atoms with van der Waals surface area (Å²) >= 11 is 0. The van der Waals surface area contributed by atoms with Crippen LogP contribution in [0.25, 0.3) is 16.9 Å². The van der Waals surface area contributed by atoms with Crippen LogP contribution in [0.2, 0.25) is 0 Å². The van der Waals surface area contributed by atoms with Gasteiger partial charge in [0.2, 0.25) is 6.23 Å². The smallest absolute Gasteiger partial charge is 0.201 e. The number of ether oxygens (including phenoxy) is 2. The number of nitrogens with zero attached hydrogens (tertiary/aromatic N) is 3. The lowest BCUT2D eigenvalue weighted by Crippen LogP contribution is -2.23. The highest BCUT2D eigenvalue weighted by Gasteiger charge is 2.30. The van der Waals surface area contributed by atoms with Crippen LogP contribution in [0.4, 0.5) is 8.78 Å². The summed E-state index contributed by atoms with van der Waals surface area (Å²) in [5.41, 5.74) is 4.18. The van der Waals surface area contributed by atoms with Crippen molar-refractivity contribution in [3.8, 4) is 22.7 Å². The Morgan fingerprint density at radius 2 is 1.57 bits per heavy atom. The highest BCUT2D eigenvalue weighted by molar-refractivity contribution is 5.64. The van der Waals surface area contributed by atoms with E-state index in [9.17, 15) is 8.78 Å². The van der Waals surface area contributed by atoms with Crippen molar-refractivity contribution in [3.05, 3.63) is 114 Å². The number of aromatic nitrogens is 2. The third kappa shape index (κ3) is 4.89. The third-order valence-electron chi connectivity index (χ3n) is 5.98. The molecule has 5 nitrogen and oxygen atoms in total. The van der Waals surface area contributed by atoms with Crippen molar-refractivity contribution < 1.29 is 18.3 Å². The standard InChI is InChI=1S/C28H25F2N3O2/c1-19-17-32(16-15-20-3-13-25(34-2)14-4-20)28(35-19)26-18-33(24-11-9-23(30)10-12-24)31-27(26)21-5-7-22(29)8-6-21/h3-14,17-18,28H,15-16H2,1-2H3/t28-/m0/s1. The van der Waals surface area contributed by atoms with Crippen molar-refractivity contribution in [2.24, 2.45) is 0 Å². The summed E-state index contributed by atoms with van der Waals surface area (Å²) in [6, 6.07) is 20.4. The summed E-state index contributed by atoms with van der Waals surface area (Å²) in [4.78, 5) is 2.14. The molecule has 1 aliphatic heterocycles. The molecule has 2 heterocycles. The number of hydrogen-bond donors (Lipinski definition) is 0. The quantitative estimate of drug-likeness (QED) is 0.318. The van der Waals surface area contributed by atoms with E-state index in [4.69, 9.17) is 14.6 Å². The lowest BCUT2D eigenvalue weighted by atomic mass is 10.1. The van der Waals surface area contributed by atoms with E-state index in [0.717, 1.165) is 35.6 Å². The van der Waals surface area contributed by atoms with Gasteiger partial charge in [0.25, 0.3) is 0 Å². The molecule has 178 valence electrons. The Kier molecular flexibility index (Phi) is 6.23. The Hall–Kier alpha value is -4.13. The third-order valence-corrected chi connectivity index (χ3v) is 5.98. The molecular formula is C28H25F2N3O2. The van der Waals surface area contributed by atoms with Crippen molar-refractivity contribution >= 4 is 0 Å². The van der Waals surface area contributed by atoms with Crippen LogP contribution in [0, 0.1) is 11.6 Å². The van der Waals surface area contributed by atoms with E-state index >= 15 is 0 Å². The molecule has 0 amide bonds. The van der Waals surface area contributed by atoms with E-state index < -0.39 is 6.23 Å². The Balaban J connectivity index is 1.48. The molecular weight excluding hydrogens is 448 g/mol. The average Bonchev–Trinajstić information content (AvgIpc) is 3.47. The predicted octanol–water partition coefficient (Wildman–Crippen LogP) is 6.26. The van der Waals surface area contributed by atoms with Crippen LogP contribution in [0.1, 0.15) is 24.3 Å². The second-order valence-electron chi connectivity index (χ2n) is 8.41. The predicted molar refractivity (Wildman–Crippen MR) is 130 cm³/mol. The first-order valence-corrected chi connectivity index (χ1v) is 11.4. The molecule has 1 atom stereocenters. The Labute approximate surface area is 202 Å². The van der Waals surface area contributed by atoms with E-state index in [1.165, 1.54) is 29.8 Å². The summed E-state index contributed by atoms with van der Waals surface area (Å²) in [5, 5.41) is 4.78. The second-order valence-corrected chi connectivity index (χ2v) is 8.41. The number of rotatable bonds is 7. The molecule has 3 aromatic carbocycles. The minimum Gasteiger partial charge on any atom is -0.497 e. The lowest BCUT2D eigenvalue weighted by Gasteiger charge is -2.24. The average molecular weight is 474 g/mol. The van der Waals surface area contributed by atoms with Gasteiger partial charge >= 0.3 is 0 Å². The van der Waals surface area contributed by atoms with E-state index in [1.54, 1.807) is 36.1 Å². The van der Waals surface area contributed by atoms with Crippen LogP contribution < -0.4 is 4.74 Å². The second kappa shape index (κ2) is 9.62. The van der Waals surface area contributed by atoms with Gasteiger partial charge in [-0.25, -0.2) is 13.5 Å². The lowest BCUT2D eigenvalue weighted by molar-refractivity contribution is 0.0444. The summed E-state index contributed by atoms with van der Waals surface area (Å²) < 4.78 is 40.3. The highest BCUT2D eigenvalue weighted by Crippen LogP contribution is 2.37. The van der Waals surface area contributed by atoms with Gasteiger partial charge in [-0.05, 0) is 79.6 Å². The Morgan fingerprint density at radius 3 is 2.23 bits per heavy atom. The van der Waals surface area contributed by atoms with Crippen LogP contribution in [-0.2, 0) is 11.2 Å². The zero-order chi connectivity index (χ0) is 24.4. The van der Waals surface area contributed by atoms with Crippen LogP contribution >= 0.6 is 0 Å². The van der Waals surface area contributed by atoms with Gasteiger partial charge in [-0.3, -0.25) is 0 Å². The fourth-order valence-corrected chi connectivity index (χ4v) is 4.18. The molecule has 0 spiro atoms. The summed E-state index contributed by atoms with van der Waals surface area (Å²) in [7, 11) is 1.65. The number of hydrogen-bond acceptors (Lipinski definition) is 4. The summed E-state index contributed by atoms with van der Waals surface area (Å²) in [6.07, 6.45) is 4.30. The zero-order valence-corrected chi connectivity index (χ0v) is 19.5. The molecule has 0 saturated carbocycles. The van der Waals surface area contributed by atoms with Crippen LogP contribution in [0.3, 0.4) is 0 Å². The summed E-state index contributed by atoms with van der Waals surface area (Å²) in [5.74, 6) is 0.987. The molecule has 0 N–H and O–H groups in total. The van der Waals surface area contributed by atoms with E-state index in [0.29, 0.717) is 11.4 Å². The zero-order valence-electron chi connectivity index (χ0n) is 19.5. The van der Waals surface area contributed by atoms with Crippen molar-refractivity contribution in [2.45, 2.75) is 19.6 Å². The first-order chi connectivity index (χ1) is 17.0. The molecule has 0 bridgehead atoms. The van der Waals surface area contributed by atoms with Gasteiger partial charge in [0.1, 0.15) is 28.8 Å². The first-order valence-electron chi connectivity index (χ1n) is 11.4. The fourth-order valence-electron chi connectivity index (χ4n) is 4.18. The topological polar surface area (TPSA) is 39.5 Å². The van der Waals surface area contributed by atoms with Gasteiger partial charge in [-0.1, -0.05) is 12.1 Å². The van der Waals surface area contributed by atoms with Gasteiger partial charge in [0.05, 0.1) is 18.4 Å². The molecule has 0 radical (unpaired) electrons. The van der Waals surface area contributed by atoms with Crippen LogP contribution in [0.15, 0.2) is 91.0 Å². The number of halogens is 2. The van der Waals surface area contributed by atoms with Crippen molar-refractivity contribution in [1.29, 1.82) is 0 Å². The molecule has 1 aliphatic rings. The molecule has 35 heavy (non-hydrogen) atoms. The normalized spacial score (nSPS) is 15.1. The van der Waals surface area contributed by atoms with E-state index in [2.05, 4.69) is 17.0 Å². The summed E-state index contributed by atoms with van der Waals surface area (Å²) in [6.45, 7) is 2.64. The van der Waals surface area contributed by atoms with Gasteiger partial charge in [-0.2, -0.15) is 5.10 Å². The van der Waals surface area contributed by atoms with Gasteiger partial charge in [-0.15, -0.1) is 0 Å². The Morgan fingerprint density at radius 1 is 0.914 bits per heavy atom. The Bertz CT molecular complexity index is 1330. The number of benzene rings is 3. The number of allylic oxidation sites excluding steroid dienone is 1. The van der Waals surface area contributed by atoms with Crippen molar-refractivity contribution in [2.75, 3.05) is 13.7 Å². The maximum Gasteiger partial charge on any atom is 0.201 e. The van der Waals surface area contributed by atoms with Crippen molar-refractivity contribution in [1.82, 2.24) is 14.7 Å². The molecule has 0 saturated heterocycles. The minimum absolute atomic E-state index is 0.316. The monoisotopic (exact) mass is 473 g/mol. The molecule has 1 aromatic heterocycles. The number of methoxy groups -OCH3 is 1. The molecule has 7 heteroatoms. The highest BCUT2D eigenvalue weighted by atomic mass is 19.1. The molecule has 0 fully saturated rings. The van der Waals surface area contributed by atoms with Crippen LogP contribution in [-0.4, -0.2) is 28.3 Å². The minimum atomic E-state index is -0.400. The largest absolute Gasteiger partial charge is 0.497 e. The van der Waals surface area contributed by atoms with E-state index in [-0.39, 0.29) is 11.6 Å². The molecule has 0 unspecified atom stereocenters. The van der Waals surface area contributed by atoms with Crippen LogP contribution in [0.5, 0.6) is 5.75 Å². The maximum atomic E-state index is 13.6. The SMILES string of the molecule is COc1ccc(CCN2C=C(C)O[C@H]2c2cn(-c3ccc(F)cc3)nc2-c2ccc(F)cc2)cc1. The first kappa shape index (κ1) is 22.7. The molecule has 5 rings (SSSR count). The molecule has 4 aromatic rings. The van der Waals surface area contributed by atoms with Gasteiger partial charge in [0.15, 0.2) is 0 Å². The van der Waals surface area contributed by atoms with E-state index in [1.807, 2.05) is 31.5 Å². The van der Waals surface area contributed by atoms with Crippen molar-refractivity contribution in [3.63, 3.8) is 0 Å². The van der Waals surface area contributed by atoms with Gasteiger partial charge in [0, 0.05) is 24.5 Å². The van der Waals surface area contributed by atoms with Gasteiger partial charge < -0.3 is 14.4 Å².